The van der Waals surface area contributed by atoms with Crippen molar-refractivity contribution in [2.75, 3.05) is 0 Å². The second kappa shape index (κ2) is 5.85. The molecule has 0 N–H and O–H groups in total. The van der Waals surface area contributed by atoms with Gasteiger partial charge in [-0.1, -0.05) is 17.7 Å². The Labute approximate surface area is 91.4 Å². The lowest BCUT2D eigenvalue weighted by Gasteiger charge is -1.90. The Morgan fingerprint density at radius 1 is 1.33 bits per heavy atom. The van der Waals surface area contributed by atoms with Crippen LogP contribution in [0.15, 0.2) is 36.0 Å². The van der Waals surface area contributed by atoms with Crippen molar-refractivity contribution in [3.05, 3.63) is 47.4 Å². The fourth-order valence-electron chi connectivity index (χ4n) is 0.965. The Hall–Kier alpha value is -1.77. The van der Waals surface area contributed by atoms with Crippen LogP contribution < -0.4 is 0 Å². The summed E-state index contributed by atoms with van der Waals surface area (Å²) in [6, 6.07) is 6.08. The zero-order chi connectivity index (χ0) is 11.1. The summed E-state index contributed by atoms with van der Waals surface area (Å²) in [7, 11) is -1.15. The van der Waals surface area contributed by atoms with Crippen LogP contribution in [0.25, 0.3) is 0 Å². The standard InChI is InChI=1S/C13H10FSi/c1-3-10-15(4-2)11-9-12-5-7-13(14)8-6-12/h2-3,5-8,10H,1H3. The van der Waals surface area contributed by atoms with Crippen LogP contribution in [0.5, 0.6) is 0 Å². The summed E-state index contributed by atoms with van der Waals surface area (Å²) < 4.78 is 12.6. The molecule has 0 nitrogen and oxygen atoms in total. The first-order chi connectivity index (χ1) is 7.26. The summed E-state index contributed by atoms with van der Waals surface area (Å²) in [4.78, 5) is 0. The lowest BCUT2D eigenvalue weighted by Crippen LogP contribution is -2.02. The molecule has 0 heterocycles. The van der Waals surface area contributed by atoms with Crippen molar-refractivity contribution in [1.29, 1.82) is 0 Å². The van der Waals surface area contributed by atoms with E-state index in [1.165, 1.54) is 12.1 Å². The lowest BCUT2D eigenvalue weighted by atomic mass is 10.2. The van der Waals surface area contributed by atoms with Gasteiger partial charge in [0.2, 0.25) is 0 Å². The van der Waals surface area contributed by atoms with Crippen molar-refractivity contribution in [3.8, 4) is 23.4 Å². The predicted octanol–water partition coefficient (Wildman–Crippen LogP) is 2.50. The van der Waals surface area contributed by atoms with Gasteiger partial charge in [0.15, 0.2) is 0 Å². The molecule has 0 aliphatic carbocycles. The van der Waals surface area contributed by atoms with Crippen LogP contribution >= 0.6 is 0 Å². The van der Waals surface area contributed by atoms with E-state index >= 15 is 0 Å². The van der Waals surface area contributed by atoms with Gasteiger partial charge in [-0.05, 0) is 31.2 Å². The third-order valence-electron chi connectivity index (χ3n) is 1.67. The Morgan fingerprint density at radius 3 is 2.53 bits per heavy atom. The van der Waals surface area contributed by atoms with Gasteiger partial charge in [-0.2, -0.15) is 0 Å². The first kappa shape index (κ1) is 11.3. The maximum atomic E-state index is 12.6. The molecule has 1 rings (SSSR count). The molecular weight excluding hydrogens is 203 g/mol. The zero-order valence-electron chi connectivity index (χ0n) is 8.42. The Bertz CT molecular complexity index is 440. The van der Waals surface area contributed by atoms with Crippen molar-refractivity contribution in [2.24, 2.45) is 0 Å². The van der Waals surface area contributed by atoms with E-state index in [-0.39, 0.29) is 5.82 Å². The first-order valence-corrected chi connectivity index (χ1v) is 6.08. The van der Waals surface area contributed by atoms with Gasteiger partial charge in [0.1, 0.15) is 5.82 Å². The molecule has 0 bridgehead atoms. The van der Waals surface area contributed by atoms with E-state index in [0.717, 1.165) is 5.56 Å². The van der Waals surface area contributed by atoms with Crippen LogP contribution in [0.3, 0.4) is 0 Å². The van der Waals surface area contributed by atoms with Crippen molar-refractivity contribution >= 4 is 8.80 Å². The van der Waals surface area contributed by atoms with Gasteiger partial charge in [0, 0.05) is 5.56 Å². The van der Waals surface area contributed by atoms with Crippen LogP contribution in [0.2, 0.25) is 0 Å². The second-order valence-electron chi connectivity index (χ2n) is 2.81. The van der Waals surface area contributed by atoms with Gasteiger partial charge >= 0.3 is 0 Å². The lowest BCUT2D eigenvalue weighted by molar-refractivity contribution is 0.627. The third kappa shape index (κ3) is 3.85. The minimum atomic E-state index is -1.15. The topological polar surface area (TPSA) is 0 Å². The first-order valence-electron chi connectivity index (χ1n) is 4.50. The van der Waals surface area contributed by atoms with Crippen LogP contribution in [0.1, 0.15) is 12.5 Å². The van der Waals surface area contributed by atoms with Gasteiger partial charge < -0.3 is 0 Å². The zero-order valence-corrected chi connectivity index (χ0v) is 9.42. The van der Waals surface area contributed by atoms with Crippen molar-refractivity contribution in [3.63, 3.8) is 0 Å². The fraction of sp³-hybridized carbons (Fsp3) is 0.0769. The van der Waals surface area contributed by atoms with Crippen molar-refractivity contribution < 1.29 is 4.39 Å². The Kier molecular flexibility index (Phi) is 4.41. The normalized spacial score (nSPS) is 9.73. The second-order valence-corrected chi connectivity index (χ2v) is 4.51. The number of benzene rings is 1. The van der Waals surface area contributed by atoms with Gasteiger partial charge in [0.25, 0.3) is 8.80 Å². The maximum Gasteiger partial charge on any atom is 0.259 e. The SMILES string of the molecule is C#C[Si](C#Cc1ccc(F)cc1)C=CC. The van der Waals surface area contributed by atoms with Crippen LogP contribution in [-0.4, -0.2) is 8.80 Å². The Morgan fingerprint density at radius 2 is 2.00 bits per heavy atom. The average molecular weight is 213 g/mol. The molecule has 0 saturated carbocycles. The molecular formula is C13H10FSi. The van der Waals surface area contributed by atoms with E-state index in [2.05, 4.69) is 17.0 Å². The van der Waals surface area contributed by atoms with Crippen molar-refractivity contribution in [2.45, 2.75) is 6.92 Å². The van der Waals surface area contributed by atoms with Crippen LogP contribution in [0, 0.1) is 29.2 Å². The van der Waals surface area contributed by atoms with E-state index in [4.69, 9.17) is 6.42 Å². The molecule has 0 spiro atoms. The average Bonchev–Trinajstić information content (AvgIpc) is 2.26. The van der Waals surface area contributed by atoms with Gasteiger partial charge in [-0.25, -0.2) is 4.39 Å². The molecule has 15 heavy (non-hydrogen) atoms. The number of hydrogen-bond acceptors (Lipinski definition) is 0. The van der Waals surface area contributed by atoms with Gasteiger partial charge in [-0.15, -0.1) is 17.5 Å². The maximum absolute atomic E-state index is 12.6. The smallest absolute Gasteiger partial charge is 0.207 e. The molecule has 1 aromatic carbocycles. The number of rotatable bonds is 1. The molecule has 1 radical (unpaired) electrons. The predicted molar refractivity (Wildman–Crippen MR) is 62.7 cm³/mol. The highest BCUT2D eigenvalue weighted by atomic mass is 28.3. The summed E-state index contributed by atoms with van der Waals surface area (Å²) in [6.45, 7) is 1.92. The highest BCUT2D eigenvalue weighted by Gasteiger charge is 1.96. The third-order valence-corrected chi connectivity index (χ3v) is 3.05. The molecule has 0 aromatic heterocycles. The van der Waals surface area contributed by atoms with Gasteiger partial charge in [-0.3, -0.25) is 0 Å². The Balaban J connectivity index is 2.81. The highest BCUT2D eigenvalue weighted by Crippen LogP contribution is 2.00. The number of allylic oxidation sites excluding steroid dienone is 1. The summed E-state index contributed by atoms with van der Waals surface area (Å²) in [5.74, 6) is 2.69. The van der Waals surface area contributed by atoms with Crippen LogP contribution in [-0.2, 0) is 0 Å². The van der Waals surface area contributed by atoms with Crippen molar-refractivity contribution in [1.82, 2.24) is 0 Å². The quantitative estimate of drug-likeness (QED) is 0.496. The summed E-state index contributed by atoms with van der Waals surface area (Å²) in [5.41, 5.74) is 8.40. The number of hydrogen-bond donors (Lipinski definition) is 0. The molecule has 73 valence electrons. The molecule has 0 amide bonds. The minimum Gasteiger partial charge on any atom is -0.207 e. The largest absolute Gasteiger partial charge is 0.259 e. The van der Waals surface area contributed by atoms with E-state index in [1.54, 1.807) is 12.1 Å². The van der Waals surface area contributed by atoms with E-state index in [9.17, 15) is 4.39 Å². The minimum absolute atomic E-state index is 0.253. The molecule has 0 aliphatic heterocycles. The molecule has 0 saturated heterocycles. The summed E-state index contributed by atoms with van der Waals surface area (Å²) >= 11 is 0. The molecule has 0 unspecified atom stereocenters. The molecule has 0 atom stereocenters. The molecule has 2 heteroatoms. The molecule has 0 fully saturated rings. The summed E-state index contributed by atoms with van der Waals surface area (Å²) in [6.07, 6.45) is 7.24. The van der Waals surface area contributed by atoms with Crippen LogP contribution in [0.4, 0.5) is 4.39 Å². The monoisotopic (exact) mass is 213 g/mol. The number of terminal acetylenes is 1. The fourth-order valence-corrected chi connectivity index (χ4v) is 1.83. The number of halogens is 1. The molecule has 1 aromatic rings. The highest BCUT2D eigenvalue weighted by molar-refractivity contribution is 6.79. The van der Waals surface area contributed by atoms with E-state index in [0.29, 0.717) is 0 Å². The van der Waals surface area contributed by atoms with E-state index in [1.807, 2.05) is 18.7 Å². The summed E-state index contributed by atoms with van der Waals surface area (Å²) in [5, 5.41) is 0. The van der Waals surface area contributed by atoms with Gasteiger partial charge in [0.05, 0.1) is 0 Å². The van der Waals surface area contributed by atoms with E-state index < -0.39 is 8.80 Å². The molecule has 0 aliphatic rings.